The second kappa shape index (κ2) is 4.13. The fourth-order valence-corrected chi connectivity index (χ4v) is 2.10. The second-order valence-electron chi connectivity index (χ2n) is 3.29. The molecule has 13 heavy (non-hydrogen) atoms. The Morgan fingerprint density at radius 3 is 2.46 bits per heavy atom. The Morgan fingerprint density at radius 1 is 1.54 bits per heavy atom. The first kappa shape index (κ1) is 11.2. The molecule has 0 aromatic rings. The molecule has 0 spiro atoms. The van der Waals surface area contributed by atoms with Gasteiger partial charge in [-0.1, -0.05) is 0 Å². The highest BCUT2D eigenvalue weighted by atomic mass is 35.5. The fourth-order valence-electron chi connectivity index (χ4n) is 1.30. The maximum atomic E-state index is 11.0. The lowest BCUT2D eigenvalue weighted by atomic mass is 9.80. The van der Waals surface area contributed by atoms with Crippen LogP contribution < -0.4 is 4.72 Å². The van der Waals surface area contributed by atoms with Gasteiger partial charge >= 0.3 is 0 Å². The smallest absolute Gasteiger partial charge is 0.225 e. The summed E-state index contributed by atoms with van der Waals surface area (Å²) in [7, 11) is -1.70. The second-order valence-corrected chi connectivity index (χ2v) is 5.68. The fraction of sp³-hybridized carbons (Fsp3) is 1.00. The van der Waals surface area contributed by atoms with Crippen molar-refractivity contribution in [1.82, 2.24) is 4.72 Å². The monoisotopic (exact) mass is 227 g/mol. The number of hydrogen-bond donors (Lipinski definition) is 1. The third-order valence-corrected chi connectivity index (χ3v) is 4.19. The Balaban J connectivity index is 2.41. The molecule has 0 unspecified atom stereocenters. The largest absolute Gasteiger partial charge is 0.377 e. The van der Waals surface area contributed by atoms with Crippen molar-refractivity contribution in [2.45, 2.75) is 24.9 Å². The number of sulfonamides is 1. The molecule has 0 amide bonds. The summed E-state index contributed by atoms with van der Waals surface area (Å²) in [6.45, 7) is 0.332. The zero-order valence-electron chi connectivity index (χ0n) is 7.55. The molecule has 0 aromatic heterocycles. The average molecular weight is 228 g/mol. The number of halogens is 1. The third kappa shape index (κ3) is 2.80. The Labute approximate surface area is 83.7 Å². The Hall–Kier alpha value is 0.160. The van der Waals surface area contributed by atoms with Crippen molar-refractivity contribution in [2.24, 2.45) is 0 Å². The molecule has 0 aromatic carbocycles. The van der Waals surface area contributed by atoms with E-state index in [1.807, 2.05) is 0 Å². The van der Waals surface area contributed by atoms with Crippen LogP contribution >= 0.6 is 11.6 Å². The molecular weight excluding hydrogens is 214 g/mol. The highest BCUT2D eigenvalue weighted by Crippen LogP contribution is 2.34. The van der Waals surface area contributed by atoms with Crippen molar-refractivity contribution >= 4 is 21.6 Å². The van der Waals surface area contributed by atoms with Crippen LogP contribution in [0.3, 0.4) is 0 Å². The molecule has 1 saturated carbocycles. The quantitative estimate of drug-likeness (QED) is 0.703. The van der Waals surface area contributed by atoms with Gasteiger partial charge in [-0.15, -0.1) is 11.6 Å². The average Bonchev–Trinajstić information content (AvgIpc) is 2.03. The summed E-state index contributed by atoms with van der Waals surface area (Å²) < 4.78 is 29.7. The first-order chi connectivity index (χ1) is 6.04. The van der Waals surface area contributed by atoms with Crippen LogP contribution in [0.25, 0.3) is 0 Å². The van der Waals surface area contributed by atoms with Crippen LogP contribution in [0.15, 0.2) is 0 Å². The van der Waals surface area contributed by atoms with Gasteiger partial charge in [0, 0.05) is 13.7 Å². The lowest BCUT2D eigenvalue weighted by molar-refractivity contribution is -0.0659. The van der Waals surface area contributed by atoms with Crippen LogP contribution in [0.5, 0.6) is 0 Å². The number of rotatable bonds is 5. The molecule has 1 rings (SSSR count). The van der Waals surface area contributed by atoms with Gasteiger partial charge in [0.05, 0.1) is 5.60 Å². The van der Waals surface area contributed by atoms with E-state index in [2.05, 4.69) is 4.72 Å². The molecule has 78 valence electrons. The predicted octanol–water partition coefficient (Wildman–Crippen LogP) is 0.671. The van der Waals surface area contributed by atoms with Gasteiger partial charge in [-0.05, 0) is 19.3 Å². The first-order valence-electron chi connectivity index (χ1n) is 4.12. The van der Waals surface area contributed by atoms with Crippen molar-refractivity contribution in [3.63, 3.8) is 0 Å². The standard InChI is InChI=1S/C7H14ClNO3S/c1-12-7(3-2-4-7)5-9-13(10,11)6-8/h9H,2-6H2,1H3. The van der Waals surface area contributed by atoms with Crippen molar-refractivity contribution in [2.75, 3.05) is 18.9 Å². The van der Waals surface area contributed by atoms with Crippen LogP contribution in [0.4, 0.5) is 0 Å². The minimum atomic E-state index is -3.30. The molecule has 0 atom stereocenters. The van der Waals surface area contributed by atoms with Gasteiger partial charge in [0.15, 0.2) is 0 Å². The van der Waals surface area contributed by atoms with Gasteiger partial charge in [0.1, 0.15) is 5.21 Å². The summed E-state index contributed by atoms with van der Waals surface area (Å²) in [5, 5.41) is -0.396. The van der Waals surface area contributed by atoms with Crippen LogP contribution in [0.1, 0.15) is 19.3 Å². The lowest BCUT2D eigenvalue weighted by Gasteiger charge is -2.40. The number of methoxy groups -OCH3 is 1. The van der Waals surface area contributed by atoms with Gasteiger partial charge in [0.2, 0.25) is 10.0 Å². The van der Waals surface area contributed by atoms with Crippen molar-refractivity contribution in [3.8, 4) is 0 Å². The summed E-state index contributed by atoms with van der Waals surface area (Å²) in [5.41, 5.74) is -0.279. The zero-order chi connectivity index (χ0) is 9.95. The first-order valence-corrected chi connectivity index (χ1v) is 6.31. The van der Waals surface area contributed by atoms with Crippen LogP contribution in [0, 0.1) is 0 Å². The highest BCUT2D eigenvalue weighted by molar-refractivity contribution is 7.90. The summed E-state index contributed by atoms with van der Waals surface area (Å²) in [6, 6.07) is 0. The van der Waals surface area contributed by atoms with Crippen LogP contribution in [0.2, 0.25) is 0 Å². The van der Waals surface area contributed by atoms with Crippen molar-refractivity contribution in [1.29, 1.82) is 0 Å². The van der Waals surface area contributed by atoms with E-state index in [0.29, 0.717) is 6.54 Å². The predicted molar refractivity (Wildman–Crippen MR) is 51.2 cm³/mol. The minimum absolute atomic E-state index is 0.279. The Bertz CT molecular complexity index is 255. The van der Waals surface area contributed by atoms with E-state index in [4.69, 9.17) is 16.3 Å². The van der Waals surface area contributed by atoms with E-state index in [-0.39, 0.29) is 5.60 Å². The topological polar surface area (TPSA) is 55.4 Å². The highest BCUT2D eigenvalue weighted by Gasteiger charge is 2.37. The van der Waals surface area contributed by atoms with E-state index >= 15 is 0 Å². The van der Waals surface area contributed by atoms with Gasteiger partial charge in [-0.2, -0.15) is 0 Å². The summed E-state index contributed by atoms with van der Waals surface area (Å²) in [4.78, 5) is 0. The van der Waals surface area contributed by atoms with E-state index in [9.17, 15) is 8.42 Å². The van der Waals surface area contributed by atoms with E-state index in [1.165, 1.54) is 0 Å². The number of ether oxygens (including phenoxy) is 1. The minimum Gasteiger partial charge on any atom is -0.377 e. The maximum absolute atomic E-state index is 11.0. The molecule has 0 radical (unpaired) electrons. The molecule has 0 aliphatic heterocycles. The van der Waals surface area contributed by atoms with Gasteiger partial charge < -0.3 is 4.74 Å². The van der Waals surface area contributed by atoms with E-state index in [0.717, 1.165) is 19.3 Å². The van der Waals surface area contributed by atoms with Crippen molar-refractivity contribution < 1.29 is 13.2 Å². The van der Waals surface area contributed by atoms with Crippen molar-refractivity contribution in [3.05, 3.63) is 0 Å². The Kier molecular flexibility index (Phi) is 3.57. The summed E-state index contributed by atoms with van der Waals surface area (Å²) >= 11 is 5.24. The maximum Gasteiger partial charge on any atom is 0.225 e. The normalized spacial score (nSPS) is 21.1. The SMILES string of the molecule is COC1(CNS(=O)(=O)CCl)CCC1. The molecule has 1 aliphatic carbocycles. The molecule has 4 nitrogen and oxygen atoms in total. The molecule has 6 heteroatoms. The van der Waals surface area contributed by atoms with E-state index < -0.39 is 15.2 Å². The molecule has 1 N–H and O–H groups in total. The van der Waals surface area contributed by atoms with Gasteiger partial charge in [-0.25, -0.2) is 13.1 Å². The number of hydrogen-bond acceptors (Lipinski definition) is 3. The summed E-state index contributed by atoms with van der Waals surface area (Å²) in [5.74, 6) is 0. The molecule has 0 saturated heterocycles. The van der Waals surface area contributed by atoms with Gasteiger partial charge in [0.25, 0.3) is 0 Å². The molecule has 0 heterocycles. The van der Waals surface area contributed by atoms with E-state index in [1.54, 1.807) is 7.11 Å². The Morgan fingerprint density at radius 2 is 2.15 bits per heavy atom. The summed E-state index contributed by atoms with van der Waals surface area (Å²) in [6.07, 6.45) is 2.92. The van der Waals surface area contributed by atoms with Crippen LogP contribution in [-0.4, -0.2) is 32.9 Å². The lowest BCUT2D eigenvalue weighted by Crippen LogP contribution is -2.49. The zero-order valence-corrected chi connectivity index (χ0v) is 9.12. The molecule has 0 bridgehead atoms. The molecule has 1 fully saturated rings. The van der Waals surface area contributed by atoms with Crippen LogP contribution in [-0.2, 0) is 14.8 Å². The molecular formula is C7H14ClNO3S. The number of nitrogens with one attached hydrogen (secondary N) is 1. The third-order valence-electron chi connectivity index (χ3n) is 2.46. The molecule has 1 aliphatic rings. The van der Waals surface area contributed by atoms with Gasteiger partial charge in [-0.3, -0.25) is 0 Å². The number of alkyl halides is 1.